The maximum atomic E-state index is 12.9. The van der Waals surface area contributed by atoms with Gasteiger partial charge < -0.3 is 35.5 Å². The van der Waals surface area contributed by atoms with Crippen LogP contribution in [-0.2, 0) is 9.47 Å². The maximum Gasteiger partial charge on any atom is 0.407 e. The molecule has 10 heteroatoms. The molecular formula is C24H39ClN4O5. The second-order valence-corrected chi connectivity index (χ2v) is 9.91. The van der Waals surface area contributed by atoms with Gasteiger partial charge in [-0.15, -0.1) is 0 Å². The van der Waals surface area contributed by atoms with Crippen molar-refractivity contribution in [2.24, 2.45) is 0 Å². The molecule has 34 heavy (non-hydrogen) atoms. The molecule has 4 N–H and O–H groups in total. The molecule has 0 aromatic heterocycles. The topological polar surface area (TPSA) is 115 Å². The normalized spacial score (nSPS) is 18.9. The number of rotatable bonds is 10. The number of carbonyl (C=O) groups excluding carboxylic acids is 2. The van der Waals surface area contributed by atoms with Crippen LogP contribution in [0.5, 0.6) is 5.75 Å². The monoisotopic (exact) mass is 498 g/mol. The summed E-state index contributed by atoms with van der Waals surface area (Å²) in [5.41, 5.74) is 6.04. The first-order valence-corrected chi connectivity index (χ1v) is 12.1. The highest BCUT2D eigenvalue weighted by Gasteiger charge is 2.31. The molecule has 0 bridgehead atoms. The first-order valence-electron chi connectivity index (χ1n) is 11.7. The van der Waals surface area contributed by atoms with Crippen LogP contribution in [-0.4, -0.2) is 75.0 Å². The second kappa shape index (κ2) is 13.0. The fraction of sp³-hybridized carbons (Fsp3) is 0.667. The number of hydrogen-bond acceptors (Lipinski definition) is 7. The number of methoxy groups -OCH3 is 2. The van der Waals surface area contributed by atoms with Crippen LogP contribution in [0.2, 0.25) is 5.02 Å². The number of amides is 2. The van der Waals surface area contributed by atoms with Crippen molar-refractivity contribution in [3.05, 3.63) is 22.7 Å². The number of benzene rings is 1. The summed E-state index contributed by atoms with van der Waals surface area (Å²) in [6.07, 6.45) is 3.19. The maximum absolute atomic E-state index is 12.9. The van der Waals surface area contributed by atoms with Crippen molar-refractivity contribution in [2.75, 3.05) is 46.1 Å². The largest absolute Gasteiger partial charge is 0.496 e. The number of likely N-dealkylation sites (tertiary alicyclic amines) is 1. The summed E-state index contributed by atoms with van der Waals surface area (Å²) in [5, 5.41) is 6.16. The van der Waals surface area contributed by atoms with Gasteiger partial charge in [-0.1, -0.05) is 18.0 Å². The molecule has 0 saturated carbocycles. The Morgan fingerprint density at radius 2 is 1.94 bits per heavy atom. The molecular weight excluding hydrogens is 460 g/mol. The minimum atomic E-state index is -0.484. The van der Waals surface area contributed by atoms with Gasteiger partial charge >= 0.3 is 6.09 Å². The Bertz CT molecular complexity index is 830. The van der Waals surface area contributed by atoms with Crippen molar-refractivity contribution in [2.45, 2.75) is 64.2 Å². The highest BCUT2D eigenvalue weighted by molar-refractivity contribution is 6.33. The minimum Gasteiger partial charge on any atom is -0.496 e. The molecule has 1 fully saturated rings. The summed E-state index contributed by atoms with van der Waals surface area (Å²) >= 11 is 6.11. The molecule has 1 saturated heterocycles. The molecule has 1 aliphatic heterocycles. The lowest BCUT2D eigenvalue weighted by Crippen LogP contribution is -2.54. The zero-order valence-corrected chi connectivity index (χ0v) is 21.7. The van der Waals surface area contributed by atoms with Gasteiger partial charge in [0.05, 0.1) is 35.5 Å². The molecule has 1 aliphatic rings. The lowest BCUT2D eigenvalue weighted by molar-refractivity contribution is 0.00597. The number of carbonyl (C=O) groups is 2. The molecule has 192 valence electrons. The van der Waals surface area contributed by atoms with Gasteiger partial charge in [-0.2, -0.15) is 0 Å². The zero-order chi connectivity index (χ0) is 25.3. The van der Waals surface area contributed by atoms with Crippen molar-refractivity contribution >= 4 is 29.3 Å². The summed E-state index contributed by atoms with van der Waals surface area (Å²) < 4.78 is 16.2. The van der Waals surface area contributed by atoms with E-state index in [2.05, 4.69) is 15.5 Å². The lowest BCUT2D eigenvalue weighted by atomic mass is 10.0. The highest BCUT2D eigenvalue weighted by Crippen LogP contribution is 2.29. The van der Waals surface area contributed by atoms with Crippen LogP contribution in [0, 0.1) is 0 Å². The third kappa shape index (κ3) is 8.85. The van der Waals surface area contributed by atoms with E-state index in [-0.39, 0.29) is 24.1 Å². The highest BCUT2D eigenvalue weighted by atomic mass is 35.5. The number of nitrogens with two attached hydrogens (primary N) is 1. The molecule has 1 heterocycles. The van der Waals surface area contributed by atoms with E-state index in [1.165, 1.54) is 13.2 Å². The van der Waals surface area contributed by atoms with E-state index in [9.17, 15) is 9.59 Å². The SMILES string of the molecule is COc1cc(N)c(Cl)cc1C(=O)NC1CCN(CCCCCNC(=O)OC(C)(C)C)CC1OC. The molecule has 1 aromatic rings. The fourth-order valence-electron chi connectivity index (χ4n) is 3.89. The molecule has 0 radical (unpaired) electrons. The van der Waals surface area contributed by atoms with Gasteiger partial charge in [0, 0.05) is 32.8 Å². The summed E-state index contributed by atoms with van der Waals surface area (Å²) in [4.78, 5) is 26.9. The molecule has 2 atom stereocenters. The van der Waals surface area contributed by atoms with Gasteiger partial charge in [-0.3, -0.25) is 4.79 Å². The number of anilines is 1. The predicted octanol–water partition coefficient (Wildman–Crippen LogP) is 3.44. The standard InChI is InChI=1S/C24H39ClN4O5/c1-24(2,3)34-23(31)27-10-7-6-8-11-29-12-9-19(21(15-29)33-5)28-22(30)16-13-17(25)18(26)14-20(16)32-4/h13-14,19,21H,6-12,15,26H2,1-5H3,(H,27,31)(H,28,30). The van der Waals surface area contributed by atoms with Gasteiger partial charge in [-0.25, -0.2) is 4.79 Å². The van der Waals surface area contributed by atoms with Crippen LogP contribution < -0.4 is 21.1 Å². The van der Waals surface area contributed by atoms with Crippen LogP contribution >= 0.6 is 11.6 Å². The summed E-state index contributed by atoms with van der Waals surface area (Å²) in [7, 11) is 3.15. The van der Waals surface area contributed by atoms with Gasteiger partial charge in [-0.05, 0) is 52.6 Å². The Morgan fingerprint density at radius 1 is 1.21 bits per heavy atom. The van der Waals surface area contributed by atoms with E-state index >= 15 is 0 Å². The van der Waals surface area contributed by atoms with E-state index < -0.39 is 5.60 Å². The van der Waals surface area contributed by atoms with Crippen molar-refractivity contribution in [3.8, 4) is 5.75 Å². The Balaban J connectivity index is 1.75. The van der Waals surface area contributed by atoms with Crippen LogP contribution in [0.25, 0.3) is 0 Å². The van der Waals surface area contributed by atoms with Crippen molar-refractivity contribution in [3.63, 3.8) is 0 Å². The van der Waals surface area contributed by atoms with Crippen LogP contribution in [0.1, 0.15) is 56.8 Å². The summed E-state index contributed by atoms with van der Waals surface area (Å²) in [6, 6.07) is 2.96. The minimum absolute atomic E-state index is 0.118. The number of ether oxygens (including phenoxy) is 3. The molecule has 2 amide bonds. The first kappa shape index (κ1) is 28.0. The average Bonchev–Trinajstić information content (AvgIpc) is 2.77. The van der Waals surface area contributed by atoms with E-state index in [0.29, 0.717) is 28.6 Å². The number of halogens is 1. The number of nitrogens with zero attached hydrogens (tertiary/aromatic N) is 1. The molecule has 2 rings (SSSR count). The third-order valence-corrected chi connectivity index (χ3v) is 5.97. The number of nitrogen functional groups attached to an aromatic ring is 1. The van der Waals surface area contributed by atoms with E-state index in [4.69, 9.17) is 31.5 Å². The van der Waals surface area contributed by atoms with Crippen molar-refractivity contribution in [1.29, 1.82) is 0 Å². The smallest absolute Gasteiger partial charge is 0.407 e. The van der Waals surface area contributed by atoms with Gasteiger partial charge in [0.2, 0.25) is 0 Å². The lowest BCUT2D eigenvalue weighted by Gasteiger charge is -2.38. The Hall–Kier alpha value is -2.23. The number of piperidine rings is 1. The van der Waals surface area contributed by atoms with Gasteiger partial charge in [0.1, 0.15) is 11.4 Å². The Morgan fingerprint density at radius 3 is 2.59 bits per heavy atom. The van der Waals surface area contributed by atoms with Crippen molar-refractivity contribution in [1.82, 2.24) is 15.5 Å². The van der Waals surface area contributed by atoms with Gasteiger partial charge in [0.15, 0.2) is 0 Å². The van der Waals surface area contributed by atoms with E-state index in [0.717, 1.165) is 45.3 Å². The predicted molar refractivity (Wildman–Crippen MR) is 134 cm³/mol. The number of hydrogen-bond donors (Lipinski definition) is 3. The zero-order valence-electron chi connectivity index (χ0n) is 20.9. The average molecular weight is 499 g/mol. The molecule has 0 aliphatic carbocycles. The molecule has 9 nitrogen and oxygen atoms in total. The van der Waals surface area contributed by atoms with Crippen molar-refractivity contribution < 1.29 is 23.8 Å². The van der Waals surface area contributed by atoms with E-state index in [1.807, 2.05) is 20.8 Å². The fourth-order valence-corrected chi connectivity index (χ4v) is 4.05. The van der Waals surface area contributed by atoms with Crippen LogP contribution in [0.15, 0.2) is 12.1 Å². The summed E-state index contributed by atoms with van der Waals surface area (Å²) in [5.74, 6) is 0.115. The third-order valence-electron chi connectivity index (χ3n) is 5.65. The number of unbranched alkanes of at least 4 members (excludes halogenated alkanes) is 2. The molecule has 1 aromatic carbocycles. The van der Waals surface area contributed by atoms with Crippen LogP contribution in [0.4, 0.5) is 10.5 Å². The van der Waals surface area contributed by atoms with E-state index in [1.54, 1.807) is 13.2 Å². The number of alkyl carbamates (subject to hydrolysis) is 1. The molecule has 0 spiro atoms. The Labute approximate surface area is 207 Å². The first-order chi connectivity index (χ1) is 16.0. The summed E-state index contributed by atoms with van der Waals surface area (Å²) in [6.45, 7) is 8.67. The van der Waals surface area contributed by atoms with Gasteiger partial charge in [0.25, 0.3) is 5.91 Å². The second-order valence-electron chi connectivity index (χ2n) is 9.51. The molecule has 2 unspecified atom stereocenters. The van der Waals surface area contributed by atoms with Crippen LogP contribution in [0.3, 0.4) is 0 Å². The Kier molecular flexibility index (Phi) is 10.7. The number of nitrogens with one attached hydrogen (secondary N) is 2. The quantitative estimate of drug-likeness (QED) is 0.334.